The number of allylic oxidation sites excluding steroid dienone is 5. The van der Waals surface area contributed by atoms with Crippen molar-refractivity contribution in [2.45, 2.75) is 27.7 Å². The van der Waals surface area contributed by atoms with Crippen molar-refractivity contribution in [3.8, 4) is 0 Å². The zero-order valence-electron chi connectivity index (χ0n) is 11.2. The van der Waals surface area contributed by atoms with Crippen LogP contribution in [-0.4, -0.2) is 17.8 Å². The van der Waals surface area contributed by atoms with Crippen molar-refractivity contribution in [2.75, 3.05) is 6.54 Å². The molecule has 17 heavy (non-hydrogen) atoms. The summed E-state index contributed by atoms with van der Waals surface area (Å²) < 4.78 is 0. The summed E-state index contributed by atoms with van der Waals surface area (Å²) in [5.41, 5.74) is 1.32. The van der Waals surface area contributed by atoms with Crippen molar-refractivity contribution >= 4 is 6.21 Å². The summed E-state index contributed by atoms with van der Waals surface area (Å²) in [5.74, 6) is 1.23. The van der Waals surface area contributed by atoms with E-state index in [1.165, 1.54) is 5.70 Å². The van der Waals surface area contributed by atoms with Gasteiger partial charge in [0, 0.05) is 24.1 Å². The Morgan fingerprint density at radius 2 is 2.12 bits per heavy atom. The molecule has 2 heteroatoms. The largest absolute Gasteiger partial charge is 0.265 e. The van der Waals surface area contributed by atoms with Crippen molar-refractivity contribution in [1.29, 1.82) is 0 Å². The lowest BCUT2D eigenvalue weighted by atomic mass is 9.93. The Morgan fingerprint density at radius 3 is 2.76 bits per heavy atom. The van der Waals surface area contributed by atoms with E-state index in [1.54, 1.807) is 0 Å². The van der Waals surface area contributed by atoms with Gasteiger partial charge in [-0.15, -0.1) is 0 Å². The minimum absolute atomic E-state index is 0.138. The molecule has 92 valence electrons. The highest BCUT2D eigenvalue weighted by atomic mass is 15.5. The normalized spacial score (nSPS) is 26.5. The summed E-state index contributed by atoms with van der Waals surface area (Å²) in [5, 5.41) is 6.61. The van der Waals surface area contributed by atoms with E-state index in [0.717, 1.165) is 6.54 Å². The molecule has 0 saturated carbocycles. The Hall–Kier alpha value is -1.31. The number of nitrogens with zero attached hydrogens (tertiary/aromatic N) is 2. The highest BCUT2D eigenvalue weighted by Gasteiger charge is 2.22. The van der Waals surface area contributed by atoms with Crippen LogP contribution >= 0.6 is 0 Å². The number of rotatable bonds is 2. The van der Waals surface area contributed by atoms with Gasteiger partial charge >= 0.3 is 0 Å². The lowest BCUT2D eigenvalue weighted by Crippen LogP contribution is -2.20. The van der Waals surface area contributed by atoms with E-state index in [4.69, 9.17) is 0 Å². The first kappa shape index (κ1) is 12.2. The number of hydrogen-bond donors (Lipinski definition) is 0. The Balaban J connectivity index is 2.09. The fourth-order valence-corrected chi connectivity index (χ4v) is 1.99. The molecule has 0 radical (unpaired) electrons. The average Bonchev–Trinajstić information content (AvgIpc) is 2.65. The second kappa shape index (κ2) is 4.52. The van der Waals surface area contributed by atoms with Gasteiger partial charge in [0.15, 0.2) is 0 Å². The molecule has 0 aromatic rings. The highest BCUT2D eigenvalue weighted by Crippen LogP contribution is 2.26. The van der Waals surface area contributed by atoms with Crippen molar-refractivity contribution < 1.29 is 0 Å². The van der Waals surface area contributed by atoms with Crippen LogP contribution in [0.2, 0.25) is 0 Å². The molecule has 2 aliphatic rings. The van der Waals surface area contributed by atoms with E-state index in [9.17, 15) is 0 Å². The standard InChI is InChI=1S/C15H22N2/c1-12(2)13-10-16-17(11-13)14-6-5-8-15(3,4)9-7-14/h5-10,12-13H,11H2,1-4H3. The minimum atomic E-state index is 0.138. The second-order valence-electron chi connectivity index (χ2n) is 5.86. The van der Waals surface area contributed by atoms with E-state index in [0.29, 0.717) is 11.8 Å². The van der Waals surface area contributed by atoms with E-state index >= 15 is 0 Å². The predicted molar refractivity (Wildman–Crippen MR) is 73.7 cm³/mol. The summed E-state index contributed by atoms with van der Waals surface area (Å²) in [7, 11) is 0. The molecule has 0 aromatic carbocycles. The molecule has 0 fully saturated rings. The number of hydrogen-bond acceptors (Lipinski definition) is 2. The zero-order chi connectivity index (χ0) is 12.5. The van der Waals surface area contributed by atoms with Crippen LogP contribution < -0.4 is 0 Å². The van der Waals surface area contributed by atoms with Crippen LogP contribution in [0.5, 0.6) is 0 Å². The molecular weight excluding hydrogens is 208 g/mol. The van der Waals surface area contributed by atoms with E-state index in [-0.39, 0.29) is 5.41 Å². The van der Waals surface area contributed by atoms with Crippen LogP contribution in [0.3, 0.4) is 0 Å². The topological polar surface area (TPSA) is 15.6 Å². The molecule has 2 nitrogen and oxygen atoms in total. The molecule has 0 N–H and O–H groups in total. The molecule has 1 aliphatic carbocycles. The van der Waals surface area contributed by atoms with E-state index < -0.39 is 0 Å². The van der Waals surface area contributed by atoms with Gasteiger partial charge in [-0.2, -0.15) is 5.10 Å². The van der Waals surface area contributed by atoms with E-state index in [1.807, 2.05) is 0 Å². The van der Waals surface area contributed by atoms with Crippen LogP contribution in [0.25, 0.3) is 0 Å². The summed E-state index contributed by atoms with van der Waals surface area (Å²) >= 11 is 0. The molecule has 0 amide bonds. The van der Waals surface area contributed by atoms with Crippen LogP contribution in [0.15, 0.2) is 41.2 Å². The molecule has 0 bridgehead atoms. The molecule has 0 saturated heterocycles. The molecule has 2 rings (SSSR count). The van der Waals surface area contributed by atoms with Gasteiger partial charge in [-0.1, -0.05) is 45.9 Å². The Kier molecular flexibility index (Phi) is 3.23. The molecule has 0 aromatic heterocycles. The maximum atomic E-state index is 4.51. The van der Waals surface area contributed by atoms with Gasteiger partial charge in [-0.3, -0.25) is 5.01 Å². The Labute approximate surface area is 104 Å². The first-order valence-electron chi connectivity index (χ1n) is 6.38. The molecule has 0 spiro atoms. The van der Waals surface area contributed by atoms with Gasteiger partial charge in [0.2, 0.25) is 0 Å². The maximum absolute atomic E-state index is 4.51. The first-order valence-corrected chi connectivity index (χ1v) is 6.38. The zero-order valence-corrected chi connectivity index (χ0v) is 11.2. The summed E-state index contributed by atoms with van der Waals surface area (Å²) in [6, 6.07) is 0. The van der Waals surface area contributed by atoms with Gasteiger partial charge < -0.3 is 0 Å². The molecule has 1 aliphatic heterocycles. The van der Waals surface area contributed by atoms with Crippen molar-refractivity contribution in [2.24, 2.45) is 22.4 Å². The third-order valence-electron chi connectivity index (χ3n) is 3.41. The maximum Gasteiger partial charge on any atom is 0.0591 e. The predicted octanol–water partition coefficient (Wildman–Crippen LogP) is 3.60. The average molecular weight is 230 g/mol. The van der Waals surface area contributed by atoms with Crippen LogP contribution in [0, 0.1) is 17.3 Å². The van der Waals surface area contributed by atoms with Gasteiger partial charge in [0.05, 0.1) is 5.70 Å². The van der Waals surface area contributed by atoms with Gasteiger partial charge in [0.1, 0.15) is 0 Å². The molecular formula is C15H22N2. The van der Waals surface area contributed by atoms with Gasteiger partial charge in [0.25, 0.3) is 0 Å². The fraction of sp³-hybridized carbons (Fsp3) is 0.533. The fourth-order valence-electron chi connectivity index (χ4n) is 1.99. The van der Waals surface area contributed by atoms with Crippen LogP contribution in [0.4, 0.5) is 0 Å². The third-order valence-corrected chi connectivity index (χ3v) is 3.41. The summed E-state index contributed by atoms with van der Waals surface area (Å²) in [6.45, 7) is 9.92. The smallest absolute Gasteiger partial charge is 0.0591 e. The summed E-state index contributed by atoms with van der Waals surface area (Å²) in [6.07, 6.45) is 13.0. The molecule has 1 heterocycles. The van der Waals surface area contributed by atoms with Gasteiger partial charge in [-0.25, -0.2) is 0 Å². The molecule has 1 atom stereocenters. The Bertz CT molecular complexity index is 397. The SMILES string of the molecule is CC(C)C1C=NN(C2=CC=CC(C)(C)C=C2)C1. The molecule has 1 unspecified atom stereocenters. The summed E-state index contributed by atoms with van der Waals surface area (Å²) in [4.78, 5) is 0. The van der Waals surface area contributed by atoms with Crippen molar-refractivity contribution in [3.63, 3.8) is 0 Å². The second-order valence-corrected chi connectivity index (χ2v) is 5.86. The highest BCUT2D eigenvalue weighted by molar-refractivity contribution is 5.63. The lowest BCUT2D eigenvalue weighted by Gasteiger charge is -2.18. The Morgan fingerprint density at radius 1 is 1.35 bits per heavy atom. The van der Waals surface area contributed by atoms with E-state index in [2.05, 4.69) is 74.4 Å². The monoisotopic (exact) mass is 230 g/mol. The third kappa shape index (κ3) is 2.87. The van der Waals surface area contributed by atoms with Crippen LogP contribution in [-0.2, 0) is 0 Å². The first-order chi connectivity index (χ1) is 7.98. The minimum Gasteiger partial charge on any atom is -0.265 e. The van der Waals surface area contributed by atoms with Gasteiger partial charge in [-0.05, 0) is 18.1 Å². The quantitative estimate of drug-likeness (QED) is 0.707. The van der Waals surface area contributed by atoms with Crippen LogP contribution in [0.1, 0.15) is 27.7 Å². The van der Waals surface area contributed by atoms with Crippen molar-refractivity contribution in [3.05, 3.63) is 36.1 Å². The lowest BCUT2D eigenvalue weighted by molar-refractivity contribution is 0.346. The van der Waals surface area contributed by atoms with Crippen molar-refractivity contribution in [1.82, 2.24) is 5.01 Å². The number of hydrazone groups is 1.